The average molecular weight is 494 g/mol. The topological polar surface area (TPSA) is 126 Å². The molecule has 0 unspecified atom stereocenters. The van der Waals surface area contributed by atoms with E-state index >= 15 is 0 Å². The first-order valence-corrected chi connectivity index (χ1v) is 11.3. The van der Waals surface area contributed by atoms with Crippen molar-refractivity contribution in [2.75, 3.05) is 24.6 Å². The first kappa shape index (κ1) is 26.7. The van der Waals surface area contributed by atoms with Crippen LogP contribution >= 0.6 is 0 Å². The minimum atomic E-state index is -3.29. The van der Waals surface area contributed by atoms with Gasteiger partial charge in [0.2, 0.25) is 10.9 Å². The number of carbonyl (C=O) groups excluding carboxylic acids is 3. The average Bonchev–Trinajstić information content (AvgIpc) is 2.78. The molecule has 0 heterocycles. The van der Waals surface area contributed by atoms with E-state index in [9.17, 15) is 22.8 Å². The largest absolute Gasteiger partial charge is 0.495 e. The molecule has 0 amide bonds. The number of benzene rings is 2. The molecule has 0 fully saturated rings. The lowest BCUT2D eigenvalue weighted by Crippen LogP contribution is -2.34. The van der Waals surface area contributed by atoms with Crippen LogP contribution in [0.25, 0.3) is 0 Å². The number of thiol groups is 1. The van der Waals surface area contributed by atoms with Crippen LogP contribution in [0.15, 0.2) is 48.5 Å². The highest BCUT2D eigenvalue weighted by Crippen LogP contribution is 2.30. The van der Waals surface area contributed by atoms with Crippen LogP contribution in [0.5, 0.6) is 5.75 Å². The third-order valence-corrected chi connectivity index (χ3v) is 4.90. The highest BCUT2D eigenvalue weighted by molar-refractivity contribution is 7.74. The Morgan fingerprint density at radius 3 is 2.21 bits per heavy atom. The smallest absolute Gasteiger partial charge is 0.344 e. The molecule has 2 aromatic carbocycles. The molecule has 2 aromatic rings. The van der Waals surface area contributed by atoms with E-state index in [-0.39, 0.29) is 23.6 Å². The van der Waals surface area contributed by atoms with Gasteiger partial charge in [0.05, 0.1) is 18.4 Å². The lowest BCUT2D eigenvalue weighted by molar-refractivity contribution is -0.152. The van der Waals surface area contributed by atoms with Gasteiger partial charge in [-0.3, -0.25) is 9.10 Å². The molecule has 0 saturated carbocycles. The Morgan fingerprint density at radius 2 is 1.62 bits per heavy atom. The van der Waals surface area contributed by atoms with Crippen LogP contribution in [0.3, 0.4) is 0 Å². The lowest BCUT2D eigenvalue weighted by atomic mass is 10.2. The van der Waals surface area contributed by atoms with Crippen molar-refractivity contribution in [1.82, 2.24) is 0 Å². The van der Waals surface area contributed by atoms with Gasteiger partial charge in [0, 0.05) is 0 Å². The molecule has 34 heavy (non-hydrogen) atoms. The standard InChI is InChI=1S/C23H27NO9S/c1-23(2,3)33-20(25)13-24(34(28)29)18-12-17(10-11-19(18)30-4)22(27)32-15-21(26)31-14-16-8-6-5-7-9-16/h5-12,34H,13-15H2,1-4H3. The van der Waals surface area contributed by atoms with E-state index < -0.39 is 47.6 Å². The summed E-state index contributed by atoms with van der Waals surface area (Å²) < 4.78 is 44.9. The molecule has 0 N–H and O–H groups in total. The summed E-state index contributed by atoms with van der Waals surface area (Å²) in [6.45, 7) is 3.71. The maximum atomic E-state index is 12.4. The molecule has 0 aliphatic carbocycles. The van der Waals surface area contributed by atoms with Gasteiger partial charge in [0.15, 0.2) is 6.61 Å². The van der Waals surface area contributed by atoms with E-state index in [4.69, 9.17) is 18.9 Å². The van der Waals surface area contributed by atoms with Crippen molar-refractivity contribution < 1.29 is 41.7 Å². The van der Waals surface area contributed by atoms with Gasteiger partial charge in [-0.2, -0.15) is 0 Å². The van der Waals surface area contributed by atoms with Gasteiger partial charge in [-0.1, -0.05) is 30.3 Å². The Kier molecular flexibility index (Phi) is 9.43. The first-order valence-electron chi connectivity index (χ1n) is 10.2. The van der Waals surface area contributed by atoms with Crippen LogP contribution in [-0.2, 0) is 41.3 Å². The van der Waals surface area contributed by atoms with E-state index in [1.807, 2.05) is 6.07 Å². The predicted octanol–water partition coefficient (Wildman–Crippen LogP) is 2.27. The van der Waals surface area contributed by atoms with Gasteiger partial charge in [0.1, 0.15) is 24.5 Å². The van der Waals surface area contributed by atoms with Gasteiger partial charge in [-0.05, 0) is 44.5 Å². The summed E-state index contributed by atoms with van der Waals surface area (Å²) in [5.41, 5.74) is -0.163. The molecule has 0 bridgehead atoms. The van der Waals surface area contributed by atoms with Crippen LogP contribution in [0.2, 0.25) is 0 Å². The predicted molar refractivity (Wildman–Crippen MR) is 123 cm³/mol. The molecule has 2 rings (SSSR count). The van der Waals surface area contributed by atoms with Gasteiger partial charge >= 0.3 is 17.9 Å². The molecule has 0 radical (unpaired) electrons. The summed E-state index contributed by atoms with van der Waals surface area (Å²) >= 11 is 0. The van der Waals surface area contributed by atoms with Gasteiger partial charge in [0.25, 0.3) is 0 Å². The fraction of sp³-hybridized carbons (Fsp3) is 0.348. The van der Waals surface area contributed by atoms with Crippen molar-refractivity contribution in [3.8, 4) is 5.75 Å². The van der Waals surface area contributed by atoms with Crippen molar-refractivity contribution in [1.29, 1.82) is 0 Å². The van der Waals surface area contributed by atoms with E-state index in [0.717, 1.165) is 9.87 Å². The normalized spacial score (nSPS) is 11.0. The third-order valence-electron chi connectivity index (χ3n) is 4.15. The molecule has 0 aliphatic rings. The minimum Gasteiger partial charge on any atom is -0.495 e. The zero-order valence-corrected chi connectivity index (χ0v) is 20.2. The fourth-order valence-electron chi connectivity index (χ4n) is 2.73. The molecular weight excluding hydrogens is 466 g/mol. The Bertz CT molecular complexity index is 1080. The second-order valence-electron chi connectivity index (χ2n) is 7.99. The van der Waals surface area contributed by atoms with Gasteiger partial charge < -0.3 is 18.9 Å². The molecule has 0 spiro atoms. The number of hydrogen-bond acceptors (Lipinski definition) is 9. The Balaban J connectivity index is 2.10. The van der Waals surface area contributed by atoms with E-state index in [2.05, 4.69) is 0 Å². The number of hydrogen-bond donors (Lipinski definition) is 1. The summed E-state index contributed by atoms with van der Waals surface area (Å²) in [5.74, 6) is -2.33. The van der Waals surface area contributed by atoms with Gasteiger partial charge in [-0.25, -0.2) is 18.0 Å². The molecule has 184 valence electrons. The maximum absolute atomic E-state index is 12.4. The number of anilines is 1. The maximum Gasteiger partial charge on any atom is 0.344 e. The zero-order valence-electron chi connectivity index (χ0n) is 19.3. The highest BCUT2D eigenvalue weighted by Gasteiger charge is 2.24. The number of carbonyl (C=O) groups is 3. The second-order valence-corrected chi connectivity index (χ2v) is 8.95. The summed E-state index contributed by atoms with van der Waals surface area (Å²) in [4.78, 5) is 36.5. The van der Waals surface area contributed by atoms with Crippen LogP contribution < -0.4 is 9.04 Å². The quantitative estimate of drug-likeness (QED) is 0.301. The number of esters is 3. The Hall–Kier alpha value is -3.60. The second kappa shape index (κ2) is 12.0. The lowest BCUT2D eigenvalue weighted by Gasteiger charge is -2.24. The van der Waals surface area contributed by atoms with Crippen molar-refractivity contribution in [3.05, 3.63) is 59.7 Å². The molecule has 0 aromatic heterocycles. The monoisotopic (exact) mass is 493 g/mol. The molecule has 11 heteroatoms. The van der Waals surface area contributed by atoms with Crippen LogP contribution in [-0.4, -0.2) is 52.2 Å². The number of methoxy groups -OCH3 is 1. The van der Waals surface area contributed by atoms with E-state index in [0.29, 0.717) is 0 Å². The summed E-state index contributed by atoms with van der Waals surface area (Å²) in [5, 5.41) is 0. The molecule has 10 nitrogen and oxygen atoms in total. The Morgan fingerprint density at radius 1 is 0.941 bits per heavy atom. The Labute approximate surface area is 199 Å². The van der Waals surface area contributed by atoms with Crippen LogP contribution in [0, 0.1) is 0 Å². The van der Waals surface area contributed by atoms with Crippen LogP contribution in [0.4, 0.5) is 5.69 Å². The number of nitrogens with zero attached hydrogens (tertiary/aromatic N) is 1. The van der Waals surface area contributed by atoms with Crippen molar-refractivity contribution >= 4 is 34.5 Å². The first-order chi connectivity index (χ1) is 16.0. The van der Waals surface area contributed by atoms with Crippen molar-refractivity contribution in [2.24, 2.45) is 0 Å². The zero-order chi connectivity index (χ0) is 25.3. The summed E-state index contributed by atoms with van der Waals surface area (Å²) in [6.07, 6.45) is 0. The number of rotatable bonds is 10. The third kappa shape index (κ3) is 8.39. The molecular formula is C23H27NO9S. The fourth-order valence-corrected chi connectivity index (χ4v) is 3.30. The van der Waals surface area contributed by atoms with Crippen molar-refractivity contribution in [3.63, 3.8) is 0 Å². The van der Waals surface area contributed by atoms with Crippen LogP contribution in [0.1, 0.15) is 36.7 Å². The van der Waals surface area contributed by atoms with E-state index in [1.165, 1.54) is 25.3 Å². The SMILES string of the molecule is COc1ccc(C(=O)OCC(=O)OCc2ccccc2)cc1N(CC(=O)OC(C)(C)C)[SH](=O)=O. The van der Waals surface area contributed by atoms with Gasteiger partial charge in [-0.15, -0.1) is 0 Å². The minimum absolute atomic E-state index is 0.0279. The molecule has 0 saturated heterocycles. The summed E-state index contributed by atoms with van der Waals surface area (Å²) in [7, 11) is -1.98. The molecule has 0 atom stereocenters. The summed E-state index contributed by atoms with van der Waals surface area (Å²) in [6, 6.07) is 12.9. The highest BCUT2D eigenvalue weighted by atomic mass is 32.2. The van der Waals surface area contributed by atoms with E-state index in [1.54, 1.807) is 45.0 Å². The van der Waals surface area contributed by atoms with Crippen molar-refractivity contribution in [2.45, 2.75) is 33.0 Å². The number of ether oxygens (including phenoxy) is 4. The molecule has 0 aliphatic heterocycles.